The molecule has 1 saturated heterocycles. The number of piperidine rings is 1. The number of hydrogen-bond donors (Lipinski definition) is 2. The van der Waals surface area contributed by atoms with E-state index < -0.39 is 0 Å². The lowest BCUT2D eigenvalue weighted by Crippen LogP contribution is -2.43. The van der Waals surface area contributed by atoms with Gasteiger partial charge in [-0.05, 0) is 38.1 Å². The van der Waals surface area contributed by atoms with Gasteiger partial charge in [0.05, 0.1) is 0 Å². The zero-order valence-corrected chi connectivity index (χ0v) is 17.4. The number of likely N-dealkylation sites (N-methyl/N-ethyl adjacent to an activating group) is 1. The first-order valence-corrected chi connectivity index (χ1v) is 10.8. The summed E-state index contributed by atoms with van der Waals surface area (Å²) in [5.41, 5.74) is 0. The predicted octanol–water partition coefficient (Wildman–Crippen LogP) is 1.89. The summed E-state index contributed by atoms with van der Waals surface area (Å²) in [5.74, 6) is 1.67. The fourth-order valence-corrected chi connectivity index (χ4v) is 3.62. The van der Waals surface area contributed by atoms with Crippen LogP contribution >= 0.6 is 11.8 Å². The lowest BCUT2D eigenvalue weighted by Gasteiger charge is -2.26. The highest BCUT2D eigenvalue weighted by atomic mass is 32.2. The van der Waals surface area contributed by atoms with Gasteiger partial charge in [-0.3, -0.25) is 4.79 Å². The van der Waals surface area contributed by atoms with Crippen LogP contribution in [0.2, 0.25) is 0 Å². The molecule has 1 fully saturated rings. The van der Waals surface area contributed by atoms with Crippen molar-refractivity contribution in [2.45, 2.75) is 24.2 Å². The minimum Gasteiger partial charge on any atom is -0.356 e. The molecule has 0 atom stereocenters. The Balaban J connectivity index is 1.75. The Kier molecular flexibility index (Phi) is 10.1. The fourth-order valence-electron chi connectivity index (χ4n) is 2.83. The molecule has 27 heavy (non-hydrogen) atoms. The topological polar surface area (TPSA) is 60.0 Å². The van der Waals surface area contributed by atoms with Crippen LogP contribution in [0.4, 0.5) is 0 Å². The van der Waals surface area contributed by atoms with Gasteiger partial charge in [-0.25, -0.2) is 4.99 Å². The van der Waals surface area contributed by atoms with E-state index in [2.05, 4.69) is 44.8 Å². The summed E-state index contributed by atoms with van der Waals surface area (Å²) in [6.07, 6.45) is 3.95. The molecule has 6 nitrogen and oxygen atoms in total. The van der Waals surface area contributed by atoms with E-state index >= 15 is 0 Å². The lowest BCUT2D eigenvalue weighted by molar-refractivity contribution is -0.127. The summed E-state index contributed by atoms with van der Waals surface area (Å²) < 4.78 is 0. The van der Waals surface area contributed by atoms with Gasteiger partial charge in [0, 0.05) is 44.4 Å². The maximum Gasteiger partial charge on any atom is 0.243 e. The molecule has 0 aromatic heterocycles. The molecule has 150 valence electrons. The van der Waals surface area contributed by atoms with E-state index in [1.807, 2.05) is 17.8 Å². The third-order valence-corrected chi connectivity index (χ3v) is 5.46. The molecule has 0 spiro atoms. The highest BCUT2D eigenvalue weighted by molar-refractivity contribution is 7.99. The molecule has 1 amide bonds. The number of aliphatic imine (C=N–C) groups is 1. The molecule has 1 heterocycles. The molecule has 0 bridgehead atoms. The van der Waals surface area contributed by atoms with Crippen molar-refractivity contribution in [1.82, 2.24) is 20.4 Å². The van der Waals surface area contributed by atoms with Gasteiger partial charge >= 0.3 is 0 Å². The van der Waals surface area contributed by atoms with Gasteiger partial charge in [-0.15, -0.1) is 11.8 Å². The van der Waals surface area contributed by atoms with Gasteiger partial charge in [0.2, 0.25) is 5.91 Å². The van der Waals surface area contributed by atoms with Crippen molar-refractivity contribution in [3.8, 4) is 0 Å². The van der Waals surface area contributed by atoms with Gasteiger partial charge in [-0.1, -0.05) is 24.6 Å². The number of carbonyl (C=O) groups excluding carboxylic acids is 1. The monoisotopic (exact) mass is 391 g/mol. The Bertz CT molecular complexity index is 573. The summed E-state index contributed by atoms with van der Waals surface area (Å²) in [5, 5.41) is 6.73. The molecule has 1 aromatic rings. The van der Waals surface area contributed by atoms with Crippen molar-refractivity contribution in [3.05, 3.63) is 30.3 Å². The van der Waals surface area contributed by atoms with Crippen LogP contribution in [0.5, 0.6) is 0 Å². The third-order valence-electron chi connectivity index (χ3n) is 4.45. The number of nitrogens with zero attached hydrogens (tertiary/aromatic N) is 3. The minimum atomic E-state index is 0.00536. The maximum atomic E-state index is 11.8. The normalized spacial score (nSPS) is 15.4. The van der Waals surface area contributed by atoms with Gasteiger partial charge in [0.15, 0.2) is 5.96 Å². The SMILES string of the molecule is CN(C)C(=O)CN=C(NCCSc1ccccc1)NCCN1CCCCC1. The Morgan fingerprint density at radius 1 is 1.11 bits per heavy atom. The van der Waals surface area contributed by atoms with Gasteiger partial charge < -0.3 is 20.4 Å². The summed E-state index contributed by atoms with van der Waals surface area (Å²) in [7, 11) is 3.51. The first-order valence-electron chi connectivity index (χ1n) is 9.77. The van der Waals surface area contributed by atoms with E-state index in [9.17, 15) is 4.79 Å². The van der Waals surface area contributed by atoms with E-state index in [0.29, 0.717) is 0 Å². The first-order chi connectivity index (χ1) is 13.1. The quantitative estimate of drug-likeness (QED) is 0.291. The average molecular weight is 392 g/mol. The van der Waals surface area contributed by atoms with Crippen molar-refractivity contribution >= 4 is 23.6 Å². The molecule has 2 rings (SSSR count). The highest BCUT2D eigenvalue weighted by Crippen LogP contribution is 2.15. The van der Waals surface area contributed by atoms with E-state index in [-0.39, 0.29) is 12.5 Å². The van der Waals surface area contributed by atoms with Crippen molar-refractivity contribution in [1.29, 1.82) is 0 Å². The van der Waals surface area contributed by atoms with E-state index in [0.717, 1.165) is 31.3 Å². The summed E-state index contributed by atoms with van der Waals surface area (Å²) in [6, 6.07) is 10.4. The molecule has 0 unspecified atom stereocenters. The Labute approximate surface area is 167 Å². The number of carbonyl (C=O) groups is 1. The number of hydrogen-bond acceptors (Lipinski definition) is 4. The maximum absolute atomic E-state index is 11.8. The first kappa shape index (κ1) is 21.6. The number of thioether (sulfide) groups is 1. The van der Waals surface area contributed by atoms with Crippen LogP contribution in [0, 0.1) is 0 Å². The van der Waals surface area contributed by atoms with E-state index in [1.54, 1.807) is 19.0 Å². The molecule has 0 aliphatic carbocycles. The Morgan fingerprint density at radius 2 is 1.81 bits per heavy atom. The summed E-state index contributed by atoms with van der Waals surface area (Å²) >= 11 is 1.81. The predicted molar refractivity (Wildman–Crippen MR) is 114 cm³/mol. The number of amides is 1. The molecule has 2 N–H and O–H groups in total. The number of guanidine groups is 1. The van der Waals surface area contributed by atoms with Crippen molar-refractivity contribution in [2.75, 3.05) is 59.1 Å². The molecule has 1 aliphatic rings. The Morgan fingerprint density at radius 3 is 2.52 bits per heavy atom. The van der Waals surface area contributed by atoms with Crippen molar-refractivity contribution < 1.29 is 4.79 Å². The molecule has 1 aromatic carbocycles. The van der Waals surface area contributed by atoms with Gasteiger partial charge in [0.1, 0.15) is 6.54 Å². The van der Waals surface area contributed by atoms with Crippen LogP contribution in [0.1, 0.15) is 19.3 Å². The number of nitrogens with one attached hydrogen (secondary N) is 2. The molecule has 0 radical (unpaired) electrons. The molecule has 7 heteroatoms. The number of likely N-dealkylation sites (tertiary alicyclic amines) is 1. The standard InChI is InChI=1S/C20H33N5OS/c1-24(2)19(26)17-23-20(21-11-15-25-13-7-4-8-14-25)22-12-16-27-18-9-5-3-6-10-18/h3,5-6,9-10H,4,7-8,11-17H2,1-2H3,(H2,21,22,23). The second kappa shape index (κ2) is 12.6. The smallest absolute Gasteiger partial charge is 0.243 e. The second-order valence-corrected chi connectivity index (χ2v) is 8.04. The van der Waals surface area contributed by atoms with Gasteiger partial charge in [-0.2, -0.15) is 0 Å². The average Bonchev–Trinajstić information content (AvgIpc) is 2.70. The van der Waals surface area contributed by atoms with Crippen LogP contribution in [0.3, 0.4) is 0 Å². The number of rotatable bonds is 9. The van der Waals surface area contributed by atoms with Crippen LogP contribution < -0.4 is 10.6 Å². The Hall–Kier alpha value is -1.73. The fraction of sp³-hybridized carbons (Fsp3) is 0.600. The summed E-state index contributed by atoms with van der Waals surface area (Å²) in [6.45, 7) is 5.20. The van der Waals surface area contributed by atoms with Crippen molar-refractivity contribution in [3.63, 3.8) is 0 Å². The zero-order chi connectivity index (χ0) is 19.3. The van der Waals surface area contributed by atoms with Crippen molar-refractivity contribution in [2.24, 2.45) is 4.99 Å². The molecular formula is C20H33N5OS. The molecule has 0 saturated carbocycles. The summed E-state index contributed by atoms with van der Waals surface area (Å²) in [4.78, 5) is 21.6. The third kappa shape index (κ3) is 9.15. The minimum absolute atomic E-state index is 0.00536. The van der Waals surface area contributed by atoms with Crippen LogP contribution in [0.15, 0.2) is 40.2 Å². The van der Waals surface area contributed by atoms with Crippen LogP contribution in [0.25, 0.3) is 0 Å². The van der Waals surface area contributed by atoms with Crippen LogP contribution in [-0.4, -0.2) is 80.8 Å². The zero-order valence-electron chi connectivity index (χ0n) is 16.6. The van der Waals surface area contributed by atoms with E-state index in [1.165, 1.54) is 37.2 Å². The molecular weight excluding hydrogens is 358 g/mol. The lowest BCUT2D eigenvalue weighted by atomic mass is 10.1. The highest BCUT2D eigenvalue weighted by Gasteiger charge is 2.10. The number of benzene rings is 1. The second-order valence-electron chi connectivity index (χ2n) is 6.87. The molecule has 1 aliphatic heterocycles. The van der Waals surface area contributed by atoms with Crippen LogP contribution in [-0.2, 0) is 4.79 Å². The van der Waals surface area contributed by atoms with E-state index in [4.69, 9.17) is 0 Å². The van der Waals surface area contributed by atoms with Gasteiger partial charge in [0.25, 0.3) is 0 Å². The largest absolute Gasteiger partial charge is 0.356 e.